The van der Waals surface area contributed by atoms with Crippen LogP contribution in [0.1, 0.15) is 33.4 Å². The standard InChI is InChI=1S/C32H26NO4/c1-20-7-6-8-23(12-20)17-33(24-13-21(2)11-22(3)14-24)27-10-5-4-9-25(27)32(31(33)34)18-35-28-16-30-29(15-26(28)32)36-19-37-30/h1,4-16H,17-19H2,2-3H3/q+1. The number of aryl methyl sites for hydroxylation is 2. The first-order chi connectivity index (χ1) is 17.9. The van der Waals surface area contributed by atoms with E-state index in [1.54, 1.807) is 0 Å². The summed E-state index contributed by atoms with van der Waals surface area (Å²) in [4.78, 5) is 15.3. The highest BCUT2D eigenvalue weighted by atomic mass is 16.7. The molecule has 0 aromatic heterocycles. The highest BCUT2D eigenvalue weighted by molar-refractivity contribution is 6.11. The molecule has 5 heteroatoms. The van der Waals surface area contributed by atoms with Crippen molar-refractivity contribution in [3.63, 3.8) is 0 Å². The molecule has 0 aliphatic carbocycles. The highest BCUT2D eigenvalue weighted by Crippen LogP contribution is 2.60. The van der Waals surface area contributed by atoms with Gasteiger partial charge in [0.15, 0.2) is 22.6 Å². The third-order valence-corrected chi connectivity index (χ3v) is 7.88. The minimum atomic E-state index is -0.981. The Balaban J connectivity index is 1.53. The lowest BCUT2D eigenvalue weighted by Gasteiger charge is -2.34. The van der Waals surface area contributed by atoms with Crippen molar-refractivity contribution in [3.05, 3.63) is 119 Å². The normalized spacial score (nSPS) is 22.7. The van der Waals surface area contributed by atoms with Crippen molar-refractivity contribution in [1.29, 1.82) is 0 Å². The first kappa shape index (κ1) is 22.1. The molecule has 3 aliphatic heterocycles. The largest absolute Gasteiger partial charge is 0.491 e. The first-order valence-electron chi connectivity index (χ1n) is 12.5. The smallest absolute Gasteiger partial charge is 0.343 e. The van der Waals surface area contributed by atoms with Gasteiger partial charge in [-0.05, 0) is 49.6 Å². The number of ether oxygens (including phenoxy) is 3. The number of quaternary nitrogens is 1. The molecule has 4 aromatic rings. The Hall–Kier alpha value is -4.09. The summed E-state index contributed by atoms with van der Waals surface area (Å²) < 4.78 is 17.6. The van der Waals surface area contributed by atoms with Crippen LogP contribution in [0.4, 0.5) is 11.4 Å². The minimum Gasteiger partial charge on any atom is -0.491 e. The zero-order valence-electron chi connectivity index (χ0n) is 20.8. The molecule has 4 aromatic carbocycles. The van der Waals surface area contributed by atoms with Crippen LogP contribution in [-0.4, -0.2) is 19.3 Å². The molecular weight excluding hydrogens is 462 g/mol. The van der Waals surface area contributed by atoms with Crippen molar-refractivity contribution in [3.8, 4) is 17.2 Å². The fraction of sp³-hybridized carbons (Fsp3) is 0.188. The van der Waals surface area contributed by atoms with Crippen LogP contribution in [0.15, 0.2) is 78.9 Å². The molecular formula is C32H26NO4+. The number of carbonyl (C=O) groups excluding carboxylic acids is 1. The van der Waals surface area contributed by atoms with Crippen molar-refractivity contribution < 1.29 is 19.0 Å². The number of amides is 1. The molecule has 37 heavy (non-hydrogen) atoms. The average molecular weight is 489 g/mol. The van der Waals surface area contributed by atoms with Crippen LogP contribution >= 0.6 is 0 Å². The summed E-state index contributed by atoms with van der Waals surface area (Å²) in [6.07, 6.45) is 0. The van der Waals surface area contributed by atoms with Crippen LogP contribution in [-0.2, 0) is 16.8 Å². The second-order valence-electron chi connectivity index (χ2n) is 10.3. The molecule has 2 unspecified atom stereocenters. The molecule has 5 nitrogen and oxygen atoms in total. The zero-order valence-corrected chi connectivity index (χ0v) is 20.8. The first-order valence-corrected chi connectivity index (χ1v) is 12.5. The van der Waals surface area contributed by atoms with Gasteiger partial charge in [-0.15, -0.1) is 0 Å². The summed E-state index contributed by atoms with van der Waals surface area (Å²) in [6, 6.07) is 26.1. The van der Waals surface area contributed by atoms with Crippen LogP contribution in [0, 0.1) is 20.8 Å². The summed E-state index contributed by atoms with van der Waals surface area (Å²) in [5.41, 5.74) is 6.57. The van der Waals surface area contributed by atoms with E-state index in [0.29, 0.717) is 29.4 Å². The number of hydrogen-bond donors (Lipinski definition) is 0. The van der Waals surface area contributed by atoms with Gasteiger partial charge in [0, 0.05) is 41.0 Å². The van der Waals surface area contributed by atoms with Crippen LogP contribution < -0.4 is 18.7 Å². The van der Waals surface area contributed by atoms with Crippen molar-refractivity contribution in [2.45, 2.75) is 25.8 Å². The Bertz CT molecular complexity index is 1590. The number of fused-ring (bicyclic) bond motifs is 5. The fourth-order valence-electron chi connectivity index (χ4n) is 6.40. The van der Waals surface area contributed by atoms with Gasteiger partial charge in [0.05, 0.1) is 0 Å². The van der Waals surface area contributed by atoms with Gasteiger partial charge in [-0.25, -0.2) is 4.79 Å². The van der Waals surface area contributed by atoms with Gasteiger partial charge in [-0.1, -0.05) is 42.5 Å². The average Bonchev–Trinajstić information content (AvgIpc) is 3.54. The number of para-hydroxylation sites is 1. The maximum atomic E-state index is 15.3. The number of rotatable bonds is 3. The molecule has 7 rings (SSSR count). The molecule has 0 fully saturated rings. The summed E-state index contributed by atoms with van der Waals surface area (Å²) in [6.45, 7) is 11.2. The number of benzene rings is 4. The van der Waals surface area contributed by atoms with Crippen LogP contribution in [0.3, 0.4) is 0 Å². The lowest BCUT2D eigenvalue weighted by atomic mass is 9.77. The predicted octanol–water partition coefficient (Wildman–Crippen LogP) is 6.15. The molecule has 0 saturated carbocycles. The Morgan fingerprint density at radius 2 is 1.57 bits per heavy atom. The van der Waals surface area contributed by atoms with Gasteiger partial charge in [-0.2, -0.15) is 4.48 Å². The van der Waals surface area contributed by atoms with Gasteiger partial charge in [0.2, 0.25) is 6.79 Å². The topological polar surface area (TPSA) is 44.8 Å². The number of hydrogen-bond acceptors (Lipinski definition) is 4. The minimum absolute atomic E-state index is 0.0411. The molecule has 2 atom stereocenters. The molecule has 0 N–H and O–H groups in total. The molecule has 0 bridgehead atoms. The van der Waals surface area contributed by atoms with E-state index < -0.39 is 5.41 Å². The van der Waals surface area contributed by atoms with Crippen LogP contribution in [0.25, 0.3) is 0 Å². The second-order valence-corrected chi connectivity index (χ2v) is 10.3. The SMILES string of the molecule is [CH]c1cccc(C[N+]2(c3cc(C)cc(C)c3)C(=O)C3(COc4cc5c(cc43)OCO5)c3ccccc32)c1. The van der Waals surface area contributed by atoms with Gasteiger partial charge in [-0.3, -0.25) is 0 Å². The maximum absolute atomic E-state index is 15.3. The van der Waals surface area contributed by atoms with E-state index in [-0.39, 0.29) is 23.8 Å². The zero-order chi connectivity index (χ0) is 25.4. The van der Waals surface area contributed by atoms with Crippen molar-refractivity contribution in [1.82, 2.24) is 4.48 Å². The Labute approximate surface area is 216 Å². The molecule has 3 aliphatic rings. The Morgan fingerprint density at radius 3 is 2.35 bits per heavy atom. The summed E-state index contributed by atoms with van der Waals surface area (Å²) in [7, 11) is 0. The van der Waals surface area contributed by atoms with Crippen molar-refractivity contribution in [2.75, 3.05) is 13.4 Å². The van der Waals surface area contributed by atoms with Crippen LogP contribution in [0.5, 0.6) is 17.2 Å². The third-order valence-electron chi connectivity index (χ3n) is 7.88. The molecule has 182 valence electrons. The van der Waals surface area contributed by atoms with Crippen molar-refractivity contribution in [2.24, 2.45) is 0 Å². The van der Waals surface area contributed by atoms with Gasteiger partial charge < -0.3 is 14.2 Å². The number of carbonyl (C=O) groups is 1. The Kier molecular flexibility index (Phi) is 4.61. The van der Waals surface area contributed by atoms with Crippen LogP contribution in [0.2, 0.25) is 0 Å². The van der Waals surface area contributed by atoms with E-state index in [0.717, 1.165) is 39.2 Å². The van der Waals surface area contributed by atoms with E-state index in [4.69, 9.17) is 21.1 Å². The predicted molar refractivity (Wildman–Crippen MR) is 141 cm³/mol. The van der Waals surface area contributed by atoms with Gasteiger partial charge >= 0.3 is 5.91 Å². The van der Waals surface area contributed by atoms with E-state index >= 15 is 4.79 Å². The molecule has 3 heterocycles. The quantitative estimate of drug-likeness (QED) is 0.325. The molecule has 2 radical (unpaired) electrons. The fourth-order valence-corrected chi connectivity index (χ4v) is 6.40. The van der Waals surface area contributed by atoms with E-state index in [2.05, 4.69) is 44.2 Å². The molecule has 0 saturated heterocycles. The van der Waals surface area contributed by atoms with Gasteiger partial charge in [0.25, 0.3) is 0 Å². The second kappa shape index (κ2) is 7.70. The lowest BCUT2D eigenvalue weighted by Crippen LogP contribution is -2.53. The summed E-state index contributed by atoms with van der Waals surface area (Å²) in [5.74, 6) is 2.00. The van der Waals surface area contributed by atoms with Crippen molar-refractivity contribution >= 4 is 17.3 Å². The highest BCUT2D eigenvalue weighted by Gasteiger charge is 2.67. The molecule has 1 spiro atoms. The van der Waals surface area contributed by atoms with E-state index in [1.807, 2.05) is 48.5 Å². The summed E-state index contributed by atoms with van der Waals surface area (Å²) >= 11 is 0. The van der Waals surface area contributed by atoms with E-state index in [1.165, 1.54) is 0 Å². The third kappa shape index (κ3) is 2.98. The number of nitrogens with zero attached hydrogens (tertiary/aromatic N) is 1. The lowest BCUT2D eigenvalue weighted by molar-refractivity contribution is -0.131. The summed E-state index contributed by atoms with van der Waals surface area (Å²) in [5, 5.41) is 0. The van der Waals surface area contributed by atoms with Gasteiger partial charge in [0.1, 0.15) is 24.6 Å². The van der Waals surface area contributed by atoms with E-state index in [9.17, 15) is 0 Å². The molecule has 1 amide bonds. The monoisotopic (exact) mass is 488 g/mol. The Morgan fingerprint density at radius 1 is 0.811 bits per heavy atom. The maximum Gasteiger partial charge on any atom is 0.343 e.